The minimum Gasteiger partial charge on any atom is -0.493 e. The molecular formula is C19H19N3O7S2. The zero-order valence-electron chi connectivity index (χ0n) is 16.8. The van der Waals surface area contributed by atoms with Crippen LogP contribution in [0.1, 0.15) is 10.4 Å². The number of carbonyl (C=O) groups excluding carboxylic acids is 2. The van der Waals surface area contributed by atoms with Crippen LogP contribution >= 0.6 is 11.3 Å². The number of nitrogens with two attached hydrogens (primary N) is 1. The van der Waals surface area contributed by atoms with Gasteiger partial charge in [0.05, 0.1) is 36.4 Å². The monoisotopic (exact) mass is 465 g/mol. The molecule has 0 saturated heterocycles. The molecule has 0 bridgehead atoms. The lowest BCUT2D eigenvalue weighted by Crippen LogP contribution is -2.22. The molecule has 10 nitrogen and oxygen atoms in total. The van der Waals surface area contributed by atoms with Crippen molar-refractivity contribution in [1.29, 1.82) is 0 Å². The molecule has 0 aliphatic rings. The molecular weight excluding hydrogens is 446 g/mol. The van der Waals surface area contributed by atoms with E-state index in [0.717, 1.165) is 11.3 Å². The van der Waals surface area contributed by atoms with Crippen molar-refractivity contribution in [2.24, 2.45) is 10.1 Å². The van der Waals surface area contributed by atoms with Gasteiger partial charge in [-0.1, -0.05) is 11.3 Å². The number of hydrogen-bond acceptors (Lipinski definition) is 8. The Balaban J connectivity index is 2.16. The predicted octanol–water partition coefficient (Wildman–Crippen LogP) is 1.28. The molecule has 0 atom stereocenters. The Morgan fingerprint density at radius 3 is 2.39 bits per heavy atom. The zero-order valence-corrected chi connectivity index (χ0v) is 18.5. The summed E-state index contributed by atoms with van der Waals surface area (Å²) in [5.41, 5.74) is 0.742. The highest BCUT2D eigenvalue weighted by atomic mass is 32.2. The number of amides is 1. The molecule has 31 heavy (non-hydrogen) atoms. The molecule has 12 heteroatoms. The largest absolute Gasteiger partial charge is 0.493 e. The number of ether oxygens (including phenoxy) is 3. The lowest BCUT2D eigenvalue weighted by atomic mass is 10.2. The van der Waals surface area contributed by atoms with Crippen molar-refractivity contribution in [2.75, 3.05) is 21.3 Å². The van der Waals surface area contributed by atoms with E-state index < -0.39 is 21.9 Å². The number of esters is 1. The minimum atomic E-state index is -3.92. The Bertz CT molecular complexity index is 1340. The summed E-state index contributed by atoms with van der Waals surface area (Å²) in [7, 11) is 0.240. The molecule has 2 N–H and O–H groups in total. The fraction of sp³-hybridized carbons (Fsp3) is 0.211. The first-order chi connectivity index (χ1) is 14.7. The van der Waals surface area contributed by atoms with Crippen molar-refractivity contribution in [3.8, 4) is 11.5 Å². The second-order valence-electron chi connectivity index (χ2n) is 6.21. The molecule has 1 aromatic heterocycles. The van der Waals surface area contributed by atoms with Crippen molar-refractivity contribution in [3.05, 3.63) is 46.8 Å². The third-order valence-corrected chi connectivity index (χ3v) is 6.28. The zero-order chi connectivity index (χ0) is 22.8. The Morgan fingerprint density at radius 1 is 1.06 bits per heavy atom. The van der Waals surface area contributed by atoms with Gasteiger partial charge in [-0.05, 0) is 36.4 Å². The Morgan fingerprint density at radius 2 is 1.77 bits per heavy atom. The van der Waals surface area contributed by atoms with E-state index >= 15 is 0 Å². The van der Waals surface area contributed by atoms with E-state index in [0.29, 0.717) is 21.7 Å². The average molecular weight is 466 g/mol. The standard InChI is InChI=1S/C19H19N3O7S2/c1-27-14-7-4-11(8-15(14)28-2)18(24)21-19-22(10-17(23)29-3)13-6-5-12(31(20,25)26)9-16(13)30-19/h4-9H,10H2,1-3H3,(H2,20,25,26). The van der Waals surface area contributed by atoms with Crippen LogP contribution in [0.4, 0.5) is 0 Å². The number of thiazole rings is 1. The van der Waals surface area contributed by atoms with Gasteiger partial charge in [0.1, 0.15) is 6.54 Å². The van der Waals surface area contributed by atoms with E-state index in [1.165, 1.54) is 56.2 Å². The quantitative estimate of drug-likeness (QED) is 0.541. The number of sulfonamides is 1. The van der Waals surface area contributed by atoms with Crippen LogP contribution in [0.2, 0.25) is 0 Å². The molecule has 164 valence electrons. The number of fused-ring (bicyclic) bond motifs is 1. The first-order valence-corrected chi connectivity index (χ1v) is 11.1. The molecule has 0 aliphatic heterocycles. The fourth-order valence-corrected chi connectivity index (χ4v) is 4.46. The van der Waals surface area contributed by atoms with E-state index in [9.17, 15) is 18.0 Å². The van der Waals surface area contributed by atoms with Gasteiger partial charge in [-0.3, -0.25) is 9.59 Å². The molecule has 3 aromatic rings. The summed E-state index contributed by atoms with van der Waals surface area (Å²) in [6.45, 7) is -0.219. The molecule has 0 spiro atoms. The number of primary sulfonamides is 1. The van der Waals surface area contributed by atoms with Crippen LogP contribution in [0.15, 0.2) is 46.3 Å². The van der Waals surface area contributed by atoms with Gasteiger partial charge in [0.15, 0.2) is 16.3 Å². The van der Waals surface area contributed by atoms with Crippen LogP contribution in [0, 0.1) is 0 Å². The predicted molar refractivity (Wildman–Crippen MR) is 113 cm³/mol. The topological polar surface area (TPSA) is 139 Å². The third-order valence-electron chi connectivity index (χ3n) is 4.33. The normalized spacial score (nSPS) is 12.1. The van der Waals surface area contributed by atoms with Gasteiger partial charge < -0.3 is 18.8 Å². The molecule has 2 aromatic carbocycles. The summed E-state index contributed by atoms with van der Waals surface area (Å²) in [6, 6.07) is 8.77. The number of carbonyl (C=O) groups is 2. The highest BCUT2D eigenvalue weighted by Crippen LogP contribution is 2.28. The van der Waals surface area contributed by atoms with Crippen LogP contribution in [0.3, 0.4) is 0 Å². The van der Waals surface area contributed by atoms with Gasteiger partial charge in [0.25, 0.3) is 5.91 Å². The van der Waals surface area contributed by atoms with Crippen molar-refractivity contribution in [3.63, 3.8) is 0 Å². The molecule has 0 unspecified atom stereocenters. The molecule has 0 radical (unpaired) electrons. The molecule has 1 amide bonds. The lowest BCUT2D eigenvalue weighted by Gasteiger charge is -2.08. The van der Waals surface area contributed by atoms with Crippen LogP contribution < -0.4 is 19.4 Å². The molecule has 1 heterocycles. The summed E-state index contributed by atoms with van der Waals surface area (Å²) in [5.74, 6) is -0.328. The fourth-order valence-electron chi connectivity index (χ4n) is 2.78. The van der Waals surface area contributed by atoms with Crippen molar-refractivity contribution >= 4 is 43.5 Å². The van der Waals surface area contributed by atoms with E-state index in [2.05, 4.69) is 4.99 Å². The van der Waals surface area contributed by atoms with Crippen LogP contribution in [0.25, 0.3) is 10.2 Å². The van der Waals surface area contributed by atoms with Crippen molar-refractivity contribution in [1.82, 2.24) is 4.57 Å². The maximum absolute atomic E-state index is 12.8. The summed E-state index contributed by atoms with van der Waals surface area (Å²) in [5, 5.41) is 5.20. The van der Waals surface area contributed by atoms with Crippen LogP contribution in [-0.2, 0) is 26.1 Å². The van der Waals surface area contributed by atoms with Crippen molar-refractivity contribution in [2.45, 2.75) is 11.4 Å². The summed E-state index contributed by atoms with van der Waals surface area (Å²) in [4.78, 5) is 28.9. The maximum atomic E-state index is 12.8. The SMILES string of the molecule is COC(=O)Cn1c(=NC(=O)c2ccc(OC)c(OC)c2)sc2cc(S(N)(=O)=O)ccc21. The van der Waals surface area contributed by atoms with Gasteiger partial charge in [-0.2, -0.15) is 4.99 Å². The van der Waals surface area contributed by atoms with E-state index in [1.54, 1.807) is 6.07 Å². The maximum Gasteiger partial charge on any atom is 0.325 e. The van der Waals surface area contributed by atoms with Crippen molar-refractivity contribution < 1.29 is 32.2 Å². The van der Waals surface area contributed by atoms with E-state index in [-0.39, 0.29) is 21.8 Å². The molecule has 0 aliphatic carbocycles. The van der Waals surface area contributed by atoms with Gasteiger partial charge in [0, 0.05) is 5.56 Å². The Kier molecular flexibility index (Phi) is 6.43. The first kappa shape index (κ1) is 22.5. The number of benzene rings is 2. The van der Waals surface area contributed by atoms with Gasteiger partial charge in [-0.25, -0.2) is 13.6 Å². The first-order valence-electron chi connectivity index (χ1n) is 8.72. The smallest absolute Gasteiger partial charge is 0.325 e. The van der Waals surface area contributed by atoms with Crippen LogP contribution in [0.5, 0.6) is 11.5 Å². The number of rotatable bonds is 6. The average Bonchev–Trinajstić information content (AvgIpc) is 3.08. The lowest BCUT2D eigenvalue weighted by molar-refractivity contribution is -0.141. The van der Waals surface area contributed by atoms with E-state index in [1.807, 2.05) is 0 Å². The number of aromatic nitrogens is 1. The number of hydrogen-bond donors (Lipinski definition) is 1. The second kappa shape index (κ2) is 8.88. The molecule has 3 rings (SSSR count). The van der Waals surface area contributed by atoms with Gasteiger partial charge >= 0.3 is 5.97 Å². The highest BCUT2D eigenvalue weighted by molar-refractivity contribution is 7.89. The van der Waals surface area contributed by atoms with Gasteiger partial charge in [0.2, 0.25) is 10.0 Å². The molecule has 0 fully saturated rings. The minimum absolute atomic E-state index is 0.0933. The third kappa shape index (κ3) is 4.76. The Hall–Kier alpha value is -3.22. The number of nitrogens with zero attached hydrogens (tertiary/aromatic N) is 2. The summed E-state index contributed by atoms with van der Waals surface area (Å²) >= 11 is 1.04. The summed E-state index contributed by atoms with van der Waals surface area (Å²) in [6.07, 6.45) is 0. The number of methoxy groups -OCH3 is 3. The Labute approximate surface area is 181 Å². The second-order valence-corrected chi connectivity index (χ2v) is 8.78. The van der Waals surface area contributed by atoms with Gasteiger partial charge in [-0.15, -0.1) is 0 Å². The highest BCUT2D eigenvalue weighted by Gasteiger charge is 2.16. The van der Waals surface area contributed by atoms with E-state index in [4.69, 9.17) is 19.3 Å². The van der Waals surface area contributed by atoms with Crippen LogP contribution in [-0.4, -0.2) is 46.2 Å². The summed E-state index contributed by atoms with van der Waals surface area (Å²) < 4.78 is 40.4. The molecule has 0 saturated carbocycles.